The van der Waals surface area contributed by atoms with Gasteiger partial charge in [0.2, 0.25) is 5.91 Å². The molecule has 1 aromatic carbocycles. The van der Waals surface area contributed by atoms with Gasteiger partial charge in [-0.1, -0.05) is 6.07 Å². The van der Waals surface area contributed by atoms with E-state index in [9.17, 15) is 18.4 Å². The Bertz CT molecular complexity index is 955. The fourth-order valence-corrected chi connectivity index (χ4v) is 4.24. The summed E-state index contributed by atoms with van der Waals surface area (Å²) in [6.07, 6.45) is 2.31. The Balaban J connectivity index is 1.30. The van der Waals surface area contributed by atoms with E-state index in [4.69, 9.17) is 0 Å². The molecule has 0 radical (unpaired) electrons. The minimum absolute atomic E-state index is 0.0344. The summed E-state index contributed by atoms with van der Waals surface area (Å²) in [4.78, 5) is 31.1. The van der Waals surface area contributed by atoms with Gasteiger partial charge in [-0.3, -0.25) is 14.6 Å². The van der Waals surface area contributed by atoms with Crippen LogP contribution in [0.1, 0.15) is 41.0 Å². The number of carbonyl (C=O) groups excluding carboxylic acids is 2. The summed E-state index contributed by atoms with van der Waals surface area (Å²) in [7, 11) is 0. The van der Waals surface area contributed by atoms with Crippen LogP contribution in [0.25, 0.3) is 0 Å². The summed E-state index contributed by atoms with van der Waals surface area (Å²) in [6, 6.07) is 8.93. The van der Waals surface area contributed by atoms with Gasteiger partial charge < -0.3 is 10.2 Å². The standard InChI is InChI=1S/C22H23F2N3O2/c1-14-3-2-4-16(26-14)13-25-20(28)17-12-22(17)7-9-27(10-8-22)21(29)15-5-6-18(23)19(24)11-15/h2-6,11,17H,7-10,12-13H2,1H3,(H,25,28)/t17-/m1/s1. The number of halogens is 2. The molecule has 1 N–H and O–H groups in total. The van der Waals surface area contributed by atoms with Gasteiger partial charge in [-0.15, -0.1) is 0 Å². The molecule has 1 saturated heterocycles. The molecule has 2 aromatic rings. The highest BCUT2D eigenvalue weighted by Gasteiger charge is 2.58. The van der Waals surface area contributed by atoms with Gasteiger partial charge in [-0.05, 0) is 61.9 Å². The van der Waals surface area contributed by atoms with Crippen molar-refractivity contribution in [3.63, 3.8) is 0 Å². The highest BCUT2D eigenvalue weighted by Crippen LogP contribution is 2.59. The van der Waals surface area contributed by atoms with Crippen molar-refractivity contribution in [1.29, 1.82) is 0 Å². The van der Waals surface area contributed by atoms with Gasteiger partial charge in [0.05, 0.1) is 12.2 Å². The maximum absolute atomic E-state index is 13.4. The summed E-state index contributed by atoms with van der Waals surface area (Å²) in [5.41, 5.74) is 1.85. The van der Waals surface area contributed by atoms with Crippen molar-refractivity contribution >= 4 is 11.8 Å². The number of nitrogens with zero attached hydrogens (tertiary/aromatic N) is 2. The summed E-state index contributed by atoms with van der Waals surface area (Å²) in [5, 5.41) is 2.97. The third-order valence-corrected chi connectivity index (χ3v) is 6.11. The number of carbonyl (C=O) groups is 2. The summed E-state index contributed by atoms with van der Waals surface area (Å²) in [6.45, 7) is 3.35. The average Bonchev–Trinajstić information content (AvgIpc) is 3.41. The summed E-state index contributed by atoms with van der Waals surface area (Å²) in [5.74, 6) is -2.29. The molecule has 29 heavy (non-hydrogen) atoms. The number of aryl methyl sites for hydroxylation is 1. The SMILES string of the molecule is Cc1cccc(CNC(=O)[C@H]2CC23CCN(C(=O)c2ccc(F)c(F)c2)CC3)n1. The molecule has 0 unspecified atom stereocenters. The van der Waals surface area contributed by atoms with Crippen LogP contribution in [0.3, 0.4) is 0 Å². The van der Waals surface area contributed by atoms with Gasteiger partial charge in [-0.25, -0.2) is 8.78 Å². The molecule has 1 saturated carbocycles. The smallest absolute Gasteiger partial charge is 0.253 e. The van der Waals surface area contributed by atoms with Crippen LogP contribution in [-0.4, -0.2) is 34.8 Å². The largest absolute Gasteiger partial charge is 0.350 e. The lowest BCUT2D eigenvalue weighted by atomic mass is 9.90. The third kappa shape index (κ3) is 3.99. The fourth-order valence-electron chi connectivity index (χ4n) is 4.24. The molecule has 1 atom stereocenters. The molecule has 5 nitrogen and oxygen atoms in total. The van der Waals surface area contributed by atoms with Crippen molar-refractivity contribution < 1.29 is 18.4 Å². The van der Waals surface area contributed by atoms with Crippen LogP contribution in [0, 0.1) is 29.9 Å². The minimum atomic E-state index is -1.02. The monoisotopic (exact) mass is 399 g/mol. The first-order valence-electron chi connectivity index (χ1n) is 9.82. The molecular formula is C22H23F2N3O2. The van der Waals surface area contributed by atoms with E-state index in [0.29, 0.717) is 19.6 Å². The number of aromatic nitrogens is 1. The lowest BCUT2D eigenvalue weighted by molar-refractivity contribution is -0.123. The average molecular weight is 399 g/mol. The first-order valence-corrected chi connectivity index (χ1v) is 9.82. The zero-order valence-electron chi connectivity index (χ0n) is 16.3. The second-order valence-electron chi connectivity index (χ2n) is 8.03. The quantitative estimate of drug-likeness (QED) is 0.859. The van der Waals surface area contributed by atoms with E-state index in [0.717, 1.165) is 42.8 Å². The fraction of sp³-hybridized carbons (Fsp3) is 0.409. The van der Waals surface area contributed by atoms with Gasteiger partial charge in [0.25, 0.3) is 5.91 Å². The zero-order valence-corrected chi connectivity index (χ0v) is 16.3. The molecule has 2 fully saturated rings. The summed E-state index contributed by atoms with van der Waals surface area (Å²) >= 11 is 0. The van der Waals surface area contributed by atoms with Crippen molar-refractivity contribution in [2.45, 2.75) is 32.7 Å². The van der Waals surface area contributed by atoms with Crippen LogP contribution in [-0.2, 0) is 11.3 Å². The molecule has 7 heteroatoms. The van der Waals surface area contributed by atoms with E-state index < -0.39 is 11.6 Å². The minimum Gasteiger partial charge on any atom is -0.350 e. The maximum Gasteiger partial charge on any atom is 0.253 e. The molecule has 1 aromatic heterocycles. The van der Waals surface area contributed by atoms with E-state index in [1.807, 2.05) is 25.1 Å². The van der Waals surface area contributed by atoms with Crippen LogP contribution in [0.5, 0.6) is 0 Å². The van der Waals surface area contributed by atoms with Crippen LogP contribution in [0.2, 0.25) is 0 Å². The predicted octanol–water partition coefficient (Wildman–Crippen LogP) is 3.23. The zero-order chi connectivity index (χ0) is 20.6. The van der Waals surface area contributed by atoms with Crippen molar-refractivity contribution in [1.82, 2.24) is 15.2 Å². The Hall–Kier alpha value is -2.83. The molecule has 4 rings (SSSR count). The number of likely N-dealkylation sites (tertiary alicyclic amines) is 1. The van der Waals surface area contributed by atoms with Crippen molar-refractivity contribution in [3.05, 3.63) is 65.0 Å². The number of benzene rings is 1. The molecule has 1 aliphatic heterocycles. The highest BCUT2D eigenvalue weighted by atomic mass is 19.2. The third-order valence-electron chi connectivity index (χ3n) is 6.11. The Kier molecular flexibility index (Phi) is 5.06. The number of hydrogen-bond donors (Lipinski definition) is 1. The Morgan fingerprint density at radius 1 is 1.17 bits per heavy atom. The maximum atomic E-state index is 13.4. The van der Waals surface area contributed by atoms with E-state index in [-0.39, 0.29) is 28.7 Å². The number of hydrogen-bond acceptors (Lipinski definition) is 3. The van der Waals surface area contributed by atoms with Gasteiger partial charge >= 0.3 is 0 Å². The highest BCUT2D eigenvalue weighted by molar-refractivity contribution is 5.94. The molecule has 0 bridgehead atoms. The Morgan fingerprint density at radius 3 is 2.62 bits per heavy atom. The lowest BCUT2D eigenvalue weighted by Crippen LogP contribution is -2.40. The number of piperidine rings is 1. The molecule has 2 amide bonds. The molecule has 2 aliphatic rings. The second kappa shape index (κ2) is 7.54. The molecule has 152 valence electrons. The number of rotatable bonds is 4. The topological polar surface area (TPSA) is 62.3 Å². The van der Waals surface area contributed by atoms with Gasteiger partial charge in [0.15, 0.2) is 11.6 Å². The molecule has 1 aliphatic carbocycles. The van der Waals surface area contributed by atoms with Gasteiger partial charge in [0.1, 0.15) is 0 Å². The first-order chi connectivity index (χ1) is 13.9. The lowest BCUT2D eigenvalue weighted by Gasteiger charge is -2.33. The summed E-state index contributed by atoms with van der Waals surface area (Å²) < 4.78 is 26.5. The van der Waals surface area contributed by atoms with E-state index in [1.165, 1.54) is 6.07 Å². The van der Waals surface area contributed by atoms with E-state index in [1.54, 1.807) is 4.90 Å². The van der Waals surface area contributed by atoms with Crippen molar-refractivity contribution in [2.75, 3.05) is 13.1 Å². The Morgan fingerprint density at radius 2 is 1.93 bits per heavy atom. The number of amides is 2. The van der Waals surface area contributed by atoms with Crippen LogP contribution >= 0.6 is 0 Å². The predicted molar refractivity (Wildman–Crippen MR) is 103 cm³/mol. The van der Waals surface area contributed by atoms with Gasteiger partial charge in [0, 0.05) is 30.3 Å². The van der Waals surface area contributed by atoms with Gasteiger partial charge in [-0.2, -0.15) is 0 Å². The number of pyridine rings is 1. The van der Waals surface area contributed by atoms with Crippen molar-refractivity contribution in [3.8, 4) is 0 Å². The number of nitrogens with one attached hydrogen (secondary N) is 1. The normalized spacial score (nSPS) is 19.8. The van der Waals surface area contributed by atoms with Crippen molar-refractivity contribution in [2.24, 2.45) is 11.3 Å². The second-order valence-corrected chi connectivity index (χ2v) is 8.03. The van der Waals surface area contributed by atoms with E-state index >= 15 is 0 Å². The molecule has 2 heterocycles. The molecular weight excluding hydrogens is 376 g/mol. The Labute approximate surface area is 168 Å². The van der Waals surface area contributed by atoms with Crippen LogP contribution in [0.15, 0.2) is 36.4 Å². The van der Waals surface area contributed by atoms with Crippen LogP contribution < -0.4 is 5.32 Å². The van der Waals surface area contributed by atoms with E-state index in [2.05, 4.69) is 10.3 Å². The van der Waals surface area contributed by atoms with Crippen LogP contribution in [0.4, 0.5) is 8.78 Å². The molecule has 1 spiro atoms. The first kappa shape index (κ1) is 19.5.